The van der Waals surface area contributed by atoms with Crippen LogP contribution in [0.4, 0.5) is 5.69 Å². The maximum Gasteiger partial charge on any atom is 0.290 e. The van der Waals surface area contributed by atoms with Gasteiger partial charge >= 0.3 is 0 Å². The second-order valence-electron chi connectivity index (χ2n) is 5.55. The third-order valence-corrected chi connectivity index (χ3v) is 6.28. The summed E-state index contributed by atoms with van der Waals surface area (Å²) in [5, 5.41) is 11.4. The van der Waals surface area contributed by atoms with Gasteiger partial charge in [-0.15, -0.1) is 0 Å². The molecule has 1 heterocycles. The van der Waals surface area contributed by atoms with Crippen LogP contribution in [0.3, 0.4) is 0 Å². The van der Waals surface area contributed by atoms with Crippen LogP contribution in [0.5, 0.6) is 0 Å². The average Bonchev–Trinajstić information content (AvgIpc) is 3.06. The van der Waals surface area contributed by atoms with Gasteiger partial charge in [0.25, 0.3) is 5.69 Å². The lowest BCUT2D eigenvalue weighted by Gasteiger charge is -2.24. The summed E-state index contributed by atoms with van der Waals surface area (Å²) in [6.45, 7) is 0.335. The van der Waals surface area contributed by atoms with E-state index in [0.29, 0.717) is 19.4 Å². The van der Waals surface area contributed by atoms with Crippen LogP contribution in [0, 0.1) is 10.1 Å². The second-order valence-corrected chi connectivity index (χ2v) is 7.85. The Kier molecular flexibility index (Phi) is 4.58. The molecule has 1 aliphatic rings. The second kappa shape index (κ2) is 6.51. The highest BCUT2D eigenvalue weighted by Gasteiger charge is 2.39. The van der Waals surface area contributed by atoms with E-state index in [1.54, 1.807) is 0 Å². The molecule has 1 unspecified atom stereocenters. The van der Waals surface area contributed by atoms with Crippen molar-refractivity contribution in [2.24, 2.45) is 0 Å². The minimum absolute atomic E-state index is 0.127. The maximum absolute atomic E-state index is 13.0. The Balaban J connectivity index is 2.06. The molecule has 6 nitrogen and oxygen atoms in total. The molecule has 0 amide bonds. The van der Waals surface area contributed by atoms with Crippen LogP contribution in [0.2, 0.25) is 5.02 Å². The van der Waals surface area contributed by atoms with E-state index in [9.17, 15) is 18.5 Å². The first-order valence-electron chi connectivity index (χ1n) is 7.42. The van der Waals surface area contributed by atoms with Gasteiger partial charge in [0.05, 0.1) is 11.0 Å². The highest BCUT2D eigenvalue weighted by molar-refractivity contribution is 7.89. The van der Waals surface area contributed by atoms with Crippen molar-refractivity contribution in [3.05, 3.63) is 69.2 Å². The fourth-order valence-electron chi connectivity index (χ4n) is 3.01. The van der Waals surface area contributed by atoms with Crippen molar-refractivity contribution in [3.63, 3.8) is 0 Å². The number of benzene rings is 2. The van der Waals surface area contributed by atoms with Crippen molar-refractivity contribution >= 4 is 27.3 Å². The van der Waals surface area contributed by atoms with E-state index in [1.165, 1.54) is 16.4 Å². The molecule has 24 heavy (non-hydrogen) atoms. The summed E-state index contributed by atoms with van der Waals surface area (Å²) in [4.78, 5) is 10.2. The Morgan fingerprint density at radius 3 is 2.54 bits per heavy atom. The first kappa shape index (κ1) is 16.9. The zero-order valence-electron chi connectivity index (χ0n) is 12.6. The monoisotopic (exact) mass is 366 g/mol. The van der Waals surface area contributed by atoms with Crippen LogP contribution in [-0.2, 0) is 10.0 Å². The summed E-state index contributed by atoms with van der Waals surface area (Å²) in [5.41, 5.74) is 0.386. The molecular formula is C16H15ClN2O4S. The predicted molar refractivity (Wildman–Crippen MR) is 90.4 cm³/mol. The maximum atomic E-state index is 13.0. The summed E-state index contributed by atoms with van der Waals surface area (Å²) in [5.74, 6) is 0. The van der Waals surface area contributed by atoms with Crippen molar-refractivity contribution in [2.45, 2.75) is 23.8 Å². The first-order chi connectivity index (χ1) is 11.4. The fourth-order valence-corrected chi connectivity index (χ4v) is 5.00. The SMILES string of the molecule is O=[N+]([O-])c1cc(Cl)ccc1S(=O)(=O)N1CCCC1c1ccccc1. The first-order valence-corrected chi connectivity index (χ1v) is 9.24. The molecule has 0 radical (unpaired) electrons. The van der Waals surface area contributed by atoms with E-state index < -0.39 is 20.6 Å². The van der Waals surface area contributed by atoms with Crippen molar-refractivity contribution in [2.75, 3.05) is 6.54 Å². The Hall–Kier alpha value is -1.96. The molecule has 0 spiro atoms. The molecule has 0 aromatic heterocycles. The Morgan fingerprint density at radius 2 is 1.88 bits per heavy atom. The van der Waals surface area contributed by atoms with Gasteiger partial charge in [-0.25, -0.2) is 8.42 Å². The molecule has 1 fully saturated rings. The normalized spacial score (nSPS) is 18.6. The molecule has 2 aromatic rings. The van der Waals surface area contributed by atoms with Crippen molar-refractivity contribution in [1.82, 2.24) is 4.31 Å². The van der Waals surface area contributed by atoms with Gasteiger partial charge in [-0.3, -0.25) is 10.1 Å². The highest BCUT2D eigenvalue weighted by atomic mass is 35.5. The number of hydrogen-bond acceptors (Lipinski definition) is 4. The number of nitro groups is 1. The van der Waals surface area contributed by atoms with Crippen LogP contribution in [0.1, 0.15) is 24.4 Å². The number of halogens is 1. The van der Waals surface area contributed by atoms with E-state index in [2.05, 4.69) is 0 Å². The summed E-state index contributed by atoms with van der Waals surface area (Å²) in [6.07, 6.45) is 1.39. The minimum atomic E-state index is -4.00. The van der Waals surface area contributed by atoms with Crippen LogP contribution in [0.25, 0.3) is 0 Å². The third kappa shape index (κ3) is 3.02. The lowest BCUT2D eigenvalue weighted by molar-refractivity contribution is -0.387. The lowest BCUT2D eigenvalue weighted by Crippen LogP contribution is -2.31. The van der Waals surface area contributed by atoms with Crippen LogP contribution >= 0.6 is 11.6 Å². The fraction of sp³-hybridized carbons (Fsp3) is 0.250. The van der Waals surface area contributed by atoms with E-state index in [4.69, 9.17) is 11.6 Å². The van der Waals surface area contributed by atoms with Crippen LogP contribution in [0.15, 0.2) is 53.4 Å². The molecule has 8 heteroatoms. The van der Waals surface area contributed by atoms with Gasteiger partial charge in [0.1, 0.15) is 0 Å². The molecular weight excluding hydrogens is 352 g/mol. The number of rotatable bonds is 4. The van der Waals surface area contributed by atoms with Gasteiger partial charge in [0.2, 0.25) is 10.0 Å². The van der Waals surface area contributed by atoms with E-state index >= 15 is 0 Å². The van der Waals surface area contributed by atoms with Gasteiger partial charge in [0.15, 0.2) is 4.90 Å². The van der Waals surface area contributed by atoms with Crippen LogP contribution < -0.4 is 0 Å². The molecule has 0 bridgehead atoms. The molecule has 1 atom stereocenters. The van der Waals surface area contributed by atoms with E-state index in [0.717, 1.165) is 11.6 Å². The Bertz CT molecular complexity index is 871. The zero-order chi connectivity index (χ0) is 17.3. The summed E-state index contributed by atoms with van der Waals surface area (Å²) >= 11 is 5.78. The lowest BCUT2D eigenvalue weighted by atomic mass is 10.1. The quantitative estimate of drug-likeness (QED) is 0.609. The molecule has 0 aliphatic carbocycles. The van der Waals surface area contributed by atoms with Crippen molar-refractivity contribution in [3.8, 4) is 0 Å². The Labute approximate surface area is 144 Å². The summed E-state index contributed by atoms with van der Waals surface area (Å²) < 4.78 is 27.4. The third-order valence-electron chi connectivity index (χ3n) is 4.09. The smallest absolute Gasteiger partial charge is 0.258 e. The molecule has 126 valence electrons. The molecule has 1 aliphatic heterocycles. The van der Waals surface area contributed by atoms with E-state index in [-0.39, 0.29) is 16.0 Å². The Morgan fingerprint density at radius 1 is 1.17 bits per heavy atom. The number of hydrogen-bond donors (Lipinski definition) is 0. The predicted octanol–water partition coefficient (Wildman–Crippen LogP) is 3.77. The van der Waals surface area contributed by atoms with Gasteiger partial charge in [-0.05, 0) is 30.5 Å². The number of sulfonamides is 1. The molecule has 0 N–H and O–H groups in total. The standard InChI is InChI=1S/C16H15ClN2O4S/c17-13-8-9-16(15(11-13)19(20)21)24(22,23)18-10-4-7-14(18)12-5-2-1-3-6-12/h1-3,5-6,8-9,11,14H,4,7,10H2. The molecule has 0 saturated carbocycles. The van der Waals surface area contributed by atoms with Crippen molar-refractivity contribution < 1.29 is 13.3 Å². The van der Waals surface area contributed by atoms with Crippen molar-refractivity contribution in [1.29, 1.82) is 0 Å². The largest absolute Gasteiger partial charge is 0.290 e. The summed E-state index contributed by atoms with van der Waals surface area (Å²) in [7, 11) is -4.00. The highest BCUT2D eigenvalue weighted by Crippen LogP contribution is 2.39. The summed E-state index contributed by atoms with van der Waals surface area (Å²) in [6, 6.07) is 12.6. The van der Waals surface area contributed by atoms with Crippen LogP contribution in [-0.4, -0.2) is 24.2 Å². The molecule has 2 aromatic carbocycles. The minimum Gasteiger partial charge on any atom is -0.258 e. The van der Waals surface area contributed by atoms with Gasteiger partial charge in [0, 0.05) is 17.6 Å². The molecule has 3 rings (SSSR count). The average molecular weight is 367 g/mol. The molecule has 1 saturated heterocycles. The zero-order valence-corrected chi connectivity index (χ0v) is 14.2. The number of nitrogens with zero attached hydrogens (tertiary/aromatic N) is 2. The van der Waals surface area contributed by atoms with Gasteiger partial charge in [-0.2, -0.15) is 4.31 Å². The van der Waals surface area contributed by atoms with E-state index in [1.807, 2.05) is 30.3 Å². The van der Waals surface area contributed by atoms with Gasteiger partial charge in [-0.1, -0.05) is 41.9 Å². The number of nitro benzene ring substituents is 1. The topological polar surface area (TPSA) is 80.5 Å². The van der Waals surface area contributed by atoms with Gasteiger partial charge < -0.3 is 0 Å².